The van der Waals surface area contributed by atoms with E-state index in [1.54, 1.807) is 11.3 Å². The molecular weight excluding hydrogens is 306 g/mol. The van der Waals surface area contributed by atoms with E-state index in [1.165, 1.54) is 4.88 Å². The monoisotopic (exact) mass is 315 g/mol. The molecular formula is C12H11BrClNS. The summed E-state index contributed by atoms with van der Waals surface area (Å²) in [5, 5.41) is 2.79. The molecule has 1 nitrogen and oxygen atoms in total. The van der Waals surface area contributed by atoms with Crippen LogP contribution in [0.1, 0.15) is 22.0 Å². The van der Waals surface area contributed by atoms with E-state index < -0.39 is 0 Å². The number of aryl methyl sites for hydroxylation is 1. The van der Waals surface area contributed by atoms with Gasteiger partial charge in [0.05, 0.1) is 11.1 Å². The quantitative estimate of drug-likeness (QED) is 0.866. The van der Waals surface area contributed by atoms with Crippen LogP contribution in [0.3, 0.4) is 0 Å². The SMILES string of the molecule is Cc1cc(C(N)c2ccc(Br)c(Cl)c2)cs1. The Morgan fingerprint density at radius 3 is 2.62 bits per heavy atom. The van der Waals surface area contributed by atoms with E-state index in [0.717, 1.165) is 15.6 Å². The third-order valence-electron chi connectivity index (χ3n) is 2.41. The summed E-state index contributed by atoms with van der Waals surface area (Å²) < 4.78 is 0.895. The van der Waals surface area contributed by atoms with E-state index in [2.05, 4.69) is 34.3 Å². The summed E-state index contributed by atoms with van der Waals surface area (Å²) in [6, 6.07) is 7.84. The van der Waals surface area contributed by atoms with E-state index in [9.17, 15) is 0 Å². The lowest BCUT2D eigenvalue weighted by atomic mass is 10.0. The summed E-state index contributed by atoms with van der Waals surface area (Å²) in [5.74, 6) is 0. The van der Waals surface area contributed by atoms with Crippen molar-refractivity contribution in [2.45, 2.75) is 13.0 Å². The summed E-state index contributed by atoms with van der Waals surface area (Å²) in [5.41, 5.74) is 8.35. The first kappa shape index (κ1) is 12.1. The van der Waals surface area contributed by atoms with Gasteiger partial charge in [-0.2, -0.15) is 0 Å². The summed E-state index contributed by atoms with van der Waals surface area (Å²) in [7, 11) is 0. The number of rotatable bonds is 2. The molecule has 4 heteroatoms. The van der Waals surface area contributed by atoms with Crippen LogP contribution in [-0.4, -0.2) is 0 Å². The molecule has 0 radical (unpaired) electrons. The van der Waals surface area contributed by atoms with E-state index in [4.69, 9.17) is 17.3 Å². The highest BCUT2D eigenvalue weighted by Crippen LogP contribution is 2.29. The molecule has 2 rings (SSSR count). The molecule has 0 amide bonds. The summed E-state index contributed by atoms with van der Waals surface area (Å²) in [6.45, 7) is 2.08. The normalized spacial score (nSPS) is 12.8. The fourth-order valence-electron chi connectivity index (χ4n) is 1.53. The molecule has 0 saturated heterocycles. The van der Waals surface area contributed by atoms with Gasteiger partial charge in [-0.05, 0) is 57.6 Å². The average Bonchev–Trinajstić information content (AvgIpc) is 2.68. The van der Waals surface area contributed by atoms with Gasteiger partial charge in [-0.15, -0.1) is 11.3 Å². The molecule has 0 saturated carbocycles. The highest BCUT2D eigenvalue weighted by Gasteiger charge is 2.11. The van der Waals surface area contributed by atoms with Crippen molar-refractivity contribution in [1.29, 1.82) is 0 Å². The number of nitrogens with two attached hydrogens (primary N) is 1. The van der Waals surface area contributed by atoms with Crippen LogP contribution >= 0.6 is 38.9 Å². The van der Waals surface area contributed by atoms with Crippen molar-refractivity contribution in [2.24, 2.45) is 5.73 Å². The second-order valence-electron chi connectivity index (χ2n) is 3.64. The Balaban J connectivity index is 2.33. The van der Waals surface area contributed by atoms with Crippen LogP contribution < -0.4 is 5.73 Å². The lowest BCUT2D eigenvalue weighted by Gasteiger charge is -2.11. The second-order valence-corrected chi connectivity index (χ2v) is 6.02. The van der Waals surface area contributed by atoms with Crippen LogP contribution in [0.25, 0.3) is 0 Å². The zero-order chi connectivity index (χ0) is 11.7. The van der Waals surface area contributed by atoms with Gasteiger partial charge in [0, 0.05) is 9.35 Å². The zero-order valence-corrected chi connectivity index (χ0v) is 11.9. The highest BCUT2D eigenvalue weighted by atomic mass is 79.9. The molecule has 2 aromatic rings. The van der Waals surface area contributed by atoms with Gasteiger partial charge in [0.15, 0.2) is 0 Å². The van der Waals surface area contributed by atoms with Crippen molar-refractivity contribution >= 4 is 38.9 Å². The van der Waals surface area contributed by atoms with Crippen LogP contribution in [0.4, 0.5) is 0 Å². The van der Waals surface area contributed by atoms with Gasteiger partial charge < -0.3 is 5.73 Å². The van der Waals surface area contributed by atoms with Gasteiger partial charge in [-0.25, -0.2) is 0 Å². The van der Waals surface area contributed by atoms with Crippen molar-refractivity contribution in [3.05, 3.63) is 55.1 Å². The largest absolute Gasteiger partial charge is 0.320 e. The van der Waals surface area contributed by atoms with E-state index in [-0.39, 0.29) is 6.04 Å². The maximum atomic E-state index is 6.18. The maximum absolute atomic E-state index is 6.18. The molecule has 0 aliphatic heterocycles. The van der Waals surface area contributed by atoms with Gasteiger partial charge in [-0.1, -0.05) is 17.7 Å². The first-order valence-electron chi connectivity index (χ1n) is 4.83. The molecule has 1 aromatic heterocycles. The molecule has 0 aliphatic carbocycles. The van der Waals surface area contributed by atoms with Gasteiger partial charge in [-0.3, -0.25) is 0 Å². The Morgan fingerprint density at radius 1 is 1.31 bits per heavy atom. The molecule has 1 heterocycles. The van der Waals surface area contributed by atoms with E-state index >= 15 is 0 Å². The van der Waals surface area contributed by atoms with Crippen molar-refractivity contribution in [3.63, 3.8) is 0 Å². The van der Waals surface area contributed by atoms with Crippen LogP contribution in [0.5, 0.6) is 0 Å². The smallest absolute Gasteiger partial charge is 0.0560 e. The molecule has 0 fully saturated rings. The topological polar surface area (TPSA) is 26.0 Å². The minimum absolute atomic E-state index is 0.101. The molecule has 1 aromatic carbocycles. The molecule has 0 spiro atoms. The minimum Gasteiger partial charge on any atom is -0.320 e. The molecule has 84 valence electrons. The fraction of sp³-hybridized carbons (Fsp3) is 0.167. The van der Waals surface area contributed by atoms with Crippen LogP contribution in [-0.2, 0) is 0 Å². The predicted molar refractivity (Wildman–Crippen MR) is 74.2 cm³/mol. The Hall–Kier alpha value is -0.350. The Kier molecular flexibility index (Phi) is 3.70. The van der Waals surface area contributed by atoms with Crippen molar-refractivity contribution in [1.82, 2.24) is 0 Å². The van der Waals surface area contributed by atoms with Gasteiger partial charge >= 0.3 is 0 Å². The number of benzene rings is 1. The molecule has 2 N–H and O–H groups in total. The van der Waals surface area contributed by atoms with E-state index in [0.29, 0.717) is 5.02 Å². The highest BCUT2D eigenvalue weighted by molar-refractivity contribution is 9.10. The van der Waals surface area contributed by atoms with Crippen LogP contribution in [0.15, 0.2) is 34.1 Å². The molecule has 0 aliphatic rings. The van der Waals surface area contributed by atoms with Crippen LogP contribution in [0.2, 0.25) is 5.02 Å². The standard InChI is InChI=1S/C12H11BrClNS/c1-7-4-9(6-16-7)12(15)8-2-3-10(13)11(14)5-8/h2-6,12H,15H2,1H3. The van der Waals surface area contributed by atoms with E-state index in [1.807, 2.05) is 18.2 Å². The number of halogens is 2. The zero-order valence-electron chi connectivity index (χ0n) is 8.71. The van der Waals surface area contributed by atoms with Gasteiger partial charge in [0.1, 0.15) is 0 Å². The number of hydrogen-bond donors (Lipinski definition) is 1. The first-order chi connectivity index (χ1) is 7.58. The maximum Gasteiger partial charge on any atom is 0.0560 e. The summed E-state index contributed by atoms with van der Waals surface area (Å²) in [6.07, 6.45) is 0. The van der Waals surface area contributed by atoms with Gasteiger partial charge in [0.2, 0.25) is 0 Å². The lowest BCUT2D eigenvalue weighted by molar-refractivity contribution is 0.876. The summed E-state index contributed by atoms with van der Waals surface area (Å²) >= 11 is 11.1. The predicted octanol–water partition coefficient (Wildman–Crippen LogP) is 4.52. The summed E-state index contributed by atoms with van der Waals surface area (Å²) in [4.78, 5) is 1.27. The molecule has 1 unspecified atom stereocenters. The molecule has 0 bridgehead atoms. The third-order valence-corrected chi connectivity index (χ3v) is 4.52. The minimum atomic E-state index is -0.101. The fourth-order valence-corrected chi connectivity index (χ4v) is 2.70. The Labute approximate surface area is 112 Å². The third kappa shape index (κ3) is 2.48. The Morgan fingerprint density at radius 2 is 2.06 bits per heavy atom. The second kappa shape index (κ2) is 4.88. The first-order valence-corrected chi connectivity index (χ1v) is 6.88. The van der Waals surface area contributed by atoms with Crippen molar-refractivity contribution in [3.8, 4) is 0 Å². The van der Waals surface area contributed by atoms with Crippen LogP contribution in [0, 0.1) is 6.92 Å². The van der Waals surface area contributed by atoms with Crippen molar-refractivity contribution in [2.75, 3.05) is 0 Å². The van der Waals surface area contributed by atoms with Gasteiger partial charge in [0.25, 0.3) is 0 Å². The average molecular weight is 317 g/mol. The molecule has 1 atom stereocenters. The molecule has 16 heavy (non-hydrogen) atoms. The van der Waals surface area contributed by atoms with Crippen molar-refractivity contribution < 1.29 is 0 Å². The number of hydrogen-bond acceptors (Lipinski definition) is 2. The Bertz CT molecular complexity index is 509. The lowest BCUT2D eigenvalue weighted by Crippen LogP contribution is -2.10. The number of thiophene rings is 1.